The molecule has 1 N–H and O–H groups in total. The third kappa shape index (κ3) is 3.99. The van der Waals surface area contributed by atoms with Gasteiger partial charge in [0.2, 0.25) is 0 Å². The van der Waals surface area contributed by atoms with Gasteiger partial charge in [0.15, 0.2) is 0 Å². The monoisotopic (exact) mass is 293 g/mol. The van der Waals surface area contributed by atoms with E-state index in [1.807, 2.05) is 12.1 Å². The van der Waals surface area contributed by atoms with Crippen LogP contribution >= 0.6 is 11.6 Å². The average molecular weight is 294 g/mol. The van der Waals surface area contributed by atoms with Gasteiger partial charge in [-0.2, -0.15) is 0 Å². The van der Waals surface area contributed by atoms with E-state index in [0.29, 0.717) is 12.1 Å². The van der Waals surface area contributed by atoms with E-state index in [0.717, 1.165) is 22.8 Å². The maximum absolute atomic E-state index is 5.97. The molecule has 0 amide bonds. The van der Waals surface area contributed by atoms with E-state index in [-0.39, 0.29) is 0 Å². The van der Waals surface area contributed by atoms with Crippen LogP contribution in [0.3, 0.4) is 0 Å². The zero-order valence-corrected chi connectivity index (χ0v) is 14.0. The normalized spacial score (nSPS) is 28.6. The first-order chi connectivity index (χ1) is 9.47. The van der Waals surface area contributed by atoms with Crippen LogP contribution < -0.4 is 5.32 Å². The molecular formula is C18H28ClN. The van der Waals surface area contributed by atoms with Gasteiger partial charge in [-0.15, -0.1) is 0 Å². The lowest BCUT2D eigenvalue weighted by Gasteiger charge is -2.39. The molecule has 1 aliphatic carbocycles. The molecule has 0 heterocycles. The molecule has 0 aromatic heterocycles. The van der Waals surface area contributed by atoms with Gasteiger partial charge in [0.25, 0.3) is 0 Å². The standard InChI is InChI=1S/C18H28ClN/c1-12(2)17-10-5-13(3)11-18(17)20-14(4)15-6-8-16(19)9-7-15/h6-9,12-14,17-18,20H,5,10-11H2,1-4H3/t13?,14-,17?,18?/m1/s1. The molecule has 1 nitrogen and oxygen atoms in total. The zero-order valence-electron chi connectivity index (χ0n) is 13.2. The third-order valence-electron chi connectivity index (χ3n) is 4.86. The van der Waals surface area contributed by atoms with Crippen LogP contribution in [0, 0.1) is 17.8 Å². The summed E-state index contributed by atoms with van der Waals surface area (Å²) in [6, 6.07) is 9.28. The molecule has 0 spiro atoms. The van der Waals surface area contributed by atoms with Crippen LogP contribution in [-0.4, -0.2) is 6.04 Å². The second kappa shape index (κ2) is 6.95. The van der Waals surface area contributed by atoms with E-state index in [1.165, 1.54) is 24.8 Å². The van der Waals surface area contributed by atoms with Crippen molar-refractivity contribution < 1.29 is 0 Å². The number of hydrogen-bond donors (Lipinski definition) is 1. The van der Waals surface area contributed by atoms with Crippen LogP contribution in [0.4, 0.5) is 0 Å². The molecule has 2 rings (SSSR count). The molecule has 0 radical (unpaired) electrons. The van der Waals surface area contributed by atoms with Gasteiger partial charge in [0, 0.05) is 17.1 Å². The molecule has 4 atom stereocenters. The quantitative estimate of drug-likeness (QED) is 0.778. The van der Waals surface area contributed by atoms with Crippen LogP contribution in [-0.2, 0) is 0 Å². The van der Waals surface area contributed by atoms with Gasteiger partial charge in [-0.05, 0) is 55.2 Å². The number of rotatable bonds is 4. The first-order valence-electron chi connectivity index (χ1n) is 7.99. The minimum absolute atomic E-state index is 0.392. The maximum atomic E-state index is 5.97. The predicted molar refractivity (Wildman–Crippen MR) is 88.1 cm³/mol. The Hall–Kier alpha value is -0.530. The number of benzene rings is 1. The lowest BCUT2D eigenvalue weighted by Crippen LogP contribution is -2.43. The Labute approximate surface area is 129 Å². The Balaban J connectivity index is 2.03. The summed E-state index contributed by atoms with van der Waals surface area (Å²) in [5, 5.41) is 4.69. The van der Waals surface area contributed by atoms with Crippen molar-refractivity contribution in [1.82, 2.24) is 5.32 Å². The molecule has 1 saturated carbocycles. The number of hydrogen-bond acceptors (Lipinski definition) is 1. The Morgan fingerprint density at radius 3 is 2.35 bits per heavy atom. The van der Waals surface area contributed by atoms with E-state index in [2.05, 4.69) is 45.1 Å². The van der Waals surface area contributed by atoms with Crippen LogP contribution in [0.2, 0.25) is 5.02 Å². The van der Waals surface area contributed by atoms with Crippen LogP contribution in [0.5, 0.6) is 0 Å². The highest BCUT2D eigenvalue weighted by Gasteiger charge is 2.31. The first kappa shape index (κ1) is 15.9. The summed E-state index contributed by atoms with van der Waals surface area (Å²) in [7, 11) is 0. The summed E-state index contributed by atoms with van der Waals surface area (Å²) in [5.41, 5.74) is 1.33. The molecule has 0 bridgehead atoms. The summed E-state index contributed by atoms with van der Waals surface area (Å²) >= 11 is 5.97. The van der Waals surface area contributed by atoms with Gasteiger partial charge in [0.1, 0.15) is 0 Å². The van der Waals surface area contributed by atoms with Crippen molar-refractivity contribution >= 4 is 11.6 Å². The van der Waals surface area contributed by atoms with Gasteiger partial charge in [0.05, 0.1) is 0 Å². The summed E-state index contributed by atoms with van der Waals surface area (Å²) in [5.74, 6) is 2.42. The molecule has 0 aliphatic heterocycles. The topological polar surface area (TPSA) is 12.0 Å². The molecule has 3 unspecified atom stereocenters. The van der Waals surface area contributed by atoms with Crippen molar-refractivity contribution in [2.75, 3.05) is 0 Å². The molecular weight excluding hydrogens is 266 g/mol. The second-order valence-electron chi connectivity index (χ2n) is 6.87. The minimum atomic E-state index is 0.392. The van der Waals surface area contributed by atoms with Crippen molar-refractivity contribution in [3.8, 4) is 0 Å². The van der Waals surface area contributed by atoms with Gasteiger partial charge in [-0.3, -0.25) is 0 Å². The SMILES string of the molecule is CC1CCC(C(C)C)C(N[C@H](C)c2ccc(Cl)cc2)C1. The summed E-state index contributed by atoms with van der Waals surface area (Å²) in [4.78, 5) is 0. The van der Waals surface area contributed by atoms with E-state index in [9.17, 15) is 0 Å². The highest BCUT2D eigenvalue weighted by molar-refractivity contribution is 6.30. The molecule has 1 aromatic rings. The van der Waals surface area contributed by atoms with Crippen LogP contribution in [0.15, 0.2) is 24.3 Å². The van der Waals surface area contributed by atoms with E-state index in [4.69, 9.17) is 11.6 Å². The zero-order chi connectivity index (χ0) is 14.7. The number of halogens is 1. The molecule has 2 heteroatoms. The van der Waals surface area contributed by atoms with Crippen molar-refractivity contribution in [1.29, 1.82) is 0 Å². The highest BCUT2D eigenvalue weighted by atomic mass is 35.5. The summed E-state index contributed by atoms with van der Waals surface area (Å²) in [6.45, 7) is 9.38. The Bertz CT molecular complexity index is 412. The molecule has 0 saturated heterocycles. The predicted octanol–water partition coefficient (Wildman–Crippen LogP) is 5.45. The summed E-state index contributed by atoms with van der Waals surface area (Å²) in [6.07, 6.45) is 4.06. The molecule has 1 fully saturated rings. The average Bonchev–Trinajstić information content (AvgIpc) is 2.39. The van der Waals surface area contributed by atoms with E-state index < -0.39 is 0 Å². The van der Waals surface area contributed by atoms with Crippen molar-refractivity contribution in [2.45, 2.75) is 59.0 Å². The highest BCUT2D eigenvalue weighted by Crippen LogP contribution is 2.34. The van der Waals surface area contributed by atoms with Gasteiger partial charge >= 0.3 is 0 Å². The third-order valence-corrected chi connectivity index (χ3v) is 5.11. The van der Waals surface area contributed by atoms with Crippen molar-refractivity contribution in [3.05, 3.63) is 34.9 Å². The fourth-order valence-corrected chi connectivity index (χ4v) is 3.69. The van der Waals surface area contributed by atoms with Crippen molar-refractivity contribution in [2.24, 2.45) is 17.8 Å². The van der Waals surface area contributed by atoms with E-state index in [1.54, 1.807) is 0 Å². The Morgan fingerprint density at radius 2 is 1.75 bits per heavy atom. The van der Waals surface area contributed by atoms with Gasteiger partial charge in [-0.1, -0.05) is 50.9 Å². The fraction of sp³-hybridized carbons (Fsp3) is 0.667. The molecule has 20 heavy (non-hydrogen) atoms. The Kier molecular flexibility index (Phi) is 5.51. The minimum Gasteiger partial charge on any atom is -0.307 e. The van der Waals surface area contributed by atoms with Crippen LogP contribution in [0.25, 0.3) is 0 Å². The maximum Gasteiger partial charge on any atom is 0.0406 e. The molecule has 112 valence electrons. The molecule has 1 aromatic carbocycles. The number of nitrogens with one attached hydrogen (secondary N) is 1. The smallest absolute Gasteiger partial charge is 0.0406 e. The molecule has 1 aliphatic rings. The van der Waals surface area contributed by atoms with Crippen molar-refractivity contribution in [3.63, 3.8) is 0 Å². The van der Waals surface area contributed by atoms with Crippen LogP contribution in [0.1, 0.15) is 58.6 Å². The second-order valence-corrected chi connectivity index (χ2v) is 7.31. The fourth-order valence-electron chi connectivity index (χ4n) is 3.56. The largest absolute Gasteiger partial charge is 0.307 e. The van der Waals surface area contributed by atoms with Gasteiger partial charge < -0.3 is 5.32 Å². The summed E-state index contributed by atoms with van der Waals surface area (Å²) < 4.78 is 0. The first-order valence-corrected chi connectivity index (χ1v) is 8.36. The Morgan fingerprint density at radius 1 is 1.10 bits per heavy atom. The van der Waals surface area contributed by atoms with E-state index >= 15 is 0 Å². The lowest BCUT2D eigenvalue weighted by molar-refractivity contribution is 0.161. The van der Waals surface area contributed by atoms with Gasteiger partial charge in [-0.25, -0.2) is 0 Å². The lowest BCUT2D eigenvalue weighted by atomic mass is 9.73.